The van der Waals surface area contributed by atoms with E-state index in [1.165, 1.54) is 44.3 Å². The molecule has 112 valence electrons. The first-order chi connectivity index (χ1) is 9.62. The monoisotopic (exact) mass is 274 g/mol. The summed E-state index contributed by atoms with van der Waals surface area (Å²) in [6.45, 7) is 9.37. The van der Waals surface area contributed by atoms with Gasteiger partial charge in [-0.25, -0.2) is 0 Å². The topological polar surface area (TPSA) is 29.3 Å². The summed E-state index contributed by atoms with van der Waals surface area (Å²) in [5, 5.41) is 0. The zero-order valence-electron chi connectivity index (χ0n) is 13.3. The number of hydrogen-bond acceptors (Lipinski definition) is 2. The van der Waals surface area contributed by atoms with Crippen molar-refractivity contribution in [2.75, 3.05) is 13.1 Å². The molecule has 1 aromatic rings. The molecule has 0 saturated carbocycles. The van der Waals surface area contributed by atoms with Crippen molar-refractivity contribution >= 4 is 0 Å². The van der Waals surface area contributed by atoms with Crippen LogP contribution >= 0.6 is 0 Å². The van der Waals surface area contributed by atoms with Crippen LogP contribution in [0.3, 0.4) is 0 Å². The van der Waals surface area contributed by atoms with E-state index in [0.29, 0.717) is 11.5 Å². The lowest BCUT2D eigenvalue weighted by Gasteiger charge is -2.44. The minimum Gasteiger partial charge on any atom is -0.323 e. The number of nitrogens with two attached hydrogens (primary N) is 1. The van der Waals surface area contributed by atoms with E-state index in [0.717, 1.165) is 0 Å². The molecular weight excluding hydrogens is 244 g/mol. The maximum absolute atomic E-state index is 6.46. The fraction of sp³-hybridized carbons (Fsp3) is 0.667. The Kier molecular flexibility index (Phi) is 5.22. The Balaban J connectivity index is 1.96. The fourth-order valence-electron chi connectivity index (χ4n) is 3.54. The smallest absolute Gasteiger partial charge is 0.0450 e. The molecule has 0 radical (unpaired) electrons. The van der Waals surface area contributed by atoms with Gasteiger partial charge in [0.1, 0.15) is 0 Å². The van der Waals surface area contributed by atoms with E-state index in [1.54, 1.807) is 0 Å². The van der Waals surface area contributed by atoms with Gasteiger partial charge in [0.25, 0.3) is 0 Å². The fourth-order valence-corrected chi connectivity index (χ4v) is 3.54. The molecule has 0 spiro atoms. The quantitative estimate of drug-likeness (QED) is 0.880. The third-order valence-corrected chi connectivity index (χ3v) is 5.64. The third kappa shape index (κ3) is 3.24. The molecule has 1 heterocycles. The van der Waals surface area contributed by atoms with Gasteiger partial charge in [0.05, 0.1) is 0 Å². The molecule has 1 aliphatic rings. The minimum absolute atomic E-state index is 0.118. The molecule has 1 saturated heterocycles. The standard InChI is InChI=1S/C18H30N2/c1-4-18(5-2)11-13-20(14-12-18)15(3)17(19)16-9-7-6-8-10-16/h6-10,15,17H,4-5,11-14,19H2,1-3H3. The molecule has 20 heavy (non-hydrogen) atoms. The van der Waals surface area contributed by atoms with Gasteiger partial charge in [-0.05, 0) is 43.8 Å². The zero-order valence-corrected chi connectivity index (χ0v) is 13.3. The van der Waals surface area contributed by atoms with Crippen molar-refractivity contribution in [1.82, 2.24) is 4.90 Å². The first-order valence-electron chi connectivity index (χ1n) is 8.16. The van der Waals surface area contributed by atoms with Crippen LogP contribution in [0.4, 0.5) is 0 Å². The number of piperidine rings is 1. The Morgan fingerprint density at radius 2 is 1.65 bits per heavy atom. The summed E-state index contributed by atoms with van der Waals surface area (Å²) >= 11 is 0. The number of likely N-dealkylation sites (tertiary alicyclic amines) is 1. The first-order valence-corrected chi connectivity index (χ1v) is 8.16. The lowest BCUT2D eigenvalue weighted by molar-refractivity contribution is 0.0631. The molecule has 1 aromatic carbocycles. The largest absolute Gasteiger partial charge is 0.323 e. The molecule has 1 aliphatic heterocycles. The number of rotatable bonds is 5. The van der Waals surface area contributed by atoms with Crippen LogP contribution in [0.5, 0.6) is 0 Å². The Bertz CT molecular complexity index is 387. The number of hydrogen-bond donors (Lipinski definition) is 1. The highest BCUT2D eigenvalue weighted by Crippen LogP contribution is 2.39. The normalized spacial score (nSPS) is 22.4. The Hall–Kier alpha value is -0.860. The zero-order chi connectivity index (χ0) is 14.6. The predicted octanol–water partition coefficient (Wildman–Crippen LogP) is 3.98. The molecule has 2 N–H and O–H groups in total. The van der Waals surface area contributed by atoms with E-state index in [9.17, 15) is 0 Å². The van der Waals surface area contributed by atoms with Crippen LogP contribution in [0.15, 0.2) is 30.3 Å². The summed E-state index contributed by atoms with van der Waals surface area (Å²) in [5.41, 5.74) is 8.30. The highest BCUT2D eigenvalue weighted by Gasteiger charge is 2.34. The molecule has 2 nitrogen and oxygen atoms in total. The molecule has 0 bridgehead atoms. The molecule has 2 unspecified atom stereocenters. The molecule has 0 amide bonds. The maximum Gasteiger partial charge on any atom is 0.0450 e. The van der Waals surface area contributed by atoms with Crippen LogP contribution in [-0.2, 0) is 0 Å². The van der Waals surface area contributed by atoms with Gasteiger partial charge in [-0.3, -0.25) is 4.90 Å². The van der Waals surface area contributed by atoms with E-state index in [-0.39, 0.29) is 6.04 Å². The third-order valence-electron chi connectivity index (χ3n) is 5.64. The molecule has 1 fully saturated rings. The van der Waals surface area contributed by atoms with Crippen LogP contribution in [0.25, 0.3) is 0 Å². The molecule has 0 aromatic heterocycles. The van der Waals surface area contributed by atoms with E-state index < -0.39 is 0 Å². The molecule has 2 rings (SSSR count). The maximum atomic E-state index is 6.46. The van der Waals surface area contributed by atoms with E-state index in [1.807, 2.05) is 0 Å². The van der Waals surface area contributed by atoms with Gasteiger partial charge in [0.15, 0.2) is 0 Å². The predicted molar refractivity (Wildman–Crippen MR) is 86.7 cm³/mol. The van der Waals surface area contributed by atoms with Crippen molar-refractivity contribution in [2.45, 2.75) is 58.5 Å². The number of nitrogens with zero attached hydrogens (tertiary/aromatic N) is 1. The first kappa shape index (κ1) is 15.5. The second-order valence-corrected chi connectivity index (χ2v) is 6.42. The summed E-state index contributed by atoms with van der Waals surface area (Å²) in [5.74, 6) is 0. The summed E-state index contributed by atoms with van der Waals surface area (Å²) < 4.78 is 0. The van der Waals surface area contributed by atoms with E-state index in [2.05, 4.69) is 56.0 Å². The second kappa shape index (κ2) is 6.73. The van der Waals surface area contributed by atoms with Crippen molar-refractivity contribution in [3.8, 4) is 0 Å². The van der Waals surface area contributed by atoms with Gasteiger partial charge in [0.2, 0.25) is 0 Å². The summed E-state index contributed by atoms with van der Waals surface area (Å²) in [6.07, 6.45) is 5.28. The lowest BCUT2D eigenvalue weighted by atomic mass is 9.74. The summed E-state index contributed by atoms with van der Waals surface area (Å²) in [6, 6.07) is 11.0. The van der Waals surface area contributed by atoms with Crippen molar-refractivity contribution < 1.29 is 0 Å². The van der Waals surface area contributed by atoms with Crippen molar-refractivity contribution in [1.29, 1.82) is 0 Å². The number of benzene rings is 1. The van der Waals surface area contributed by atoms with Gasteiger partial charge in [-0.1, -0.05) is 57.0 Å². The Labute approximate surface area is 124 Å². The van der Waals surface area contributed by atoms with Crippen LogP contribution in [0.1, 0.15) is 58.1 Å². The Morgan fingerprint density at radius 3 is 2.15 bits per heavy atom. The van der Waals surface area contributed by atoms with E-state index in [4.69, 9.17) is 5.73 Å². The molecule has 2 heteroatoms. The van der Waals surface area contributed by atoms with Crippen LogP contribution in [0, 0.1) is 5.41 Å². The van der Waals surface area contributed by atoms with Crippen LogP contribution < -0.4 is 5.73 Å². The van der Waals surface area contributed by atoms with Gasteiger partial charge < -0.3 is 5.73 Å². The van der Waals surface area contributed by atoms with Gasteiger partial charge >= 0.3 is 0 Å². The summed E-state index contributed by atoms with van der Waals surface area (Å²) in [7, 11) is 0. The lowest BCUT2D eigenvalue weighted by Crippen LogP contribution is -2.47. The van der Waals surface area contributed by atoms with Gasteiger partial charge in [-0.2, -0.15) is 0 Å². The highest BCUT2D eigenvalue weighted by molar-refractivity contribution is 5.20. The highest BCUT2D eigenvalue weighted by atomic mass is 15.2. The molecule has 2 atom stereocenters. The van der Waals surface area contributed by atoms with Crippen LogP contribution in [0.2, 0.25) is 0 Å². The molecule has 0 aliphatic carbocycles. The van der Waals surface area contributed by atoms with E-state index >= 15 is 0 Å². The Morgan fingerprint density at radius 1 is 1.10 bits per heavy atom. The minimum atomic E-state index is 0.118. The second-order valence-electron chi connectivity index (χ2n) is 6.42. The van der Waals surface area contributed by atoms with Crippen molar-refractivity contribution in [2.24, 2.45) is 11.1 Å². The van der Waals surface area contributed by atoms with Crippen LogP contribution in [-0.4, -0.2) is 24.0 Å². The van der Waals surface area contributed by atoms with Crippen molar-refractivity contribution in [3.63, 3.8) is 0 Å². The van der Waals surface area contributed by atoms with Gasteiger partial charge in [0, 0.05) is 12.1 Å². The molecular formula is C18H30N2. The average Bonchev–Trinajstić information content (AvgIpc) is 2.54. The SMILES string of the molecule is CCC1(CC)CCN(C(C)C(N)c2ccccc2)CC1. The average molecular weight is 274 g/mol. The van der Waals surface area contributed by atoms with Crippen molar-refractivity contribution in [3.05, 3.63) is 35.9 Å². The summed E-state index contributed by atoms with van der Waals surface area (Å²) in [4.78, 5) is 2.58. The van der Waals surface area contributed by atoms with Gasteiger partial charge in [-0.15, -0.1) is 0 Å².